The van der Waals surface area contributed by atoms with Gasteiger partial charge in [0.1, 0.15) is 6.07 Å². The van der Waals surface area contributed by atoms with Gasteiger partial charge in [0.25, 0.3) is 0 Å². The van der Waals surface area contributed by atoms with Crippen molar-refractivity contribution in [2.75, 3.05) is 12.9 Å². The van der Waals surface area contributed by atoms with E-state index in [1.807, 2.05) is 0 Å². The Kier molecular flexibility index (Phi) is 6.19. The average Bonchev–Trinajstić information content (AvgIpc) is 2.72. The zero-order valence-corrected chi connectivity index (χ0v) is 18.8. The van der Waals surface area contributed by atoms with Crippen LogP contribution < -0.4 is 0 Å². The predicted octanol–water partition coefficient (Wildman–Crippen LogP) is 4.06. The molecular formula is C21H20F3NO5S2. The first kappa shape index (κ1) is 24.2. The first-order chi connectivity index (χ1) is 14.7. The van der Waals surface area contributed by atoms with Crippen LogP contribution in [0.25, 0.3) is 0 Å². The summed E-state index contributed by atoms with van der Waals surface area (Å²) in [7, 11) is -7.92. The highest BCUT2D eigenvalue weighted by atomic mass is 32.2. The molecule has 1 heterocycles. The van der Waals surface area contributed by atoms with E-state index < -0.39 is 47.2 Å². The quantitative estimate of drug-likeness (QED) is 0.645. The van der Waals surface area contributed by atoms with E-state index in [2.05, 4.69) is 0 Å². The second-order valence-electron chi connectivity index (χ2n) is 7.93. The van der Waals surface area contributed by atoms with E-state index in [9.17, 15) is 35.3 Å². The van der Waals surface area contributed by atoms with Crippen LogP contribution in [0.1, 0.15) is 42.6 Å². The molecular weight excluding hydrogens is 467 g/mol. The van der Waals surface area contributed by atoms with Crippen molar-refractivity contribution in [3.05, 3.63) is 59.2 Å². The minimum absolute atomic E-state index is 0.00751. The summed E-state index contributed by atoms with van der Waals surface area (Å²) < 4.78 is 94.3. The molecule has 2 aromatic carbocycles. The number of hydrogen-bond donors (Lipinski definition) is 0. The number of sulfone groups is 2. The lowest BCUT2D eigenvalue weighted by atomic mass is 9.92. The number of halogens is 3. The molecule has 0 aliphatic carbocycles. The van der Waals surface area contributed by atoms with Gasteiger partial charge in [0, 0.05) is 12.9 Å². The van der Waals surface area contributed by atoms with Crippen molar-refractivity contribution in [2.45, 2.75) is 46.6 Å². The number of nitriles is 1. The van der Waals surface area contributed by atoms with Crippen LogP contribution in [0.15, 0.2) is 52.3 Å². The first-order valence-corrected chi connectivity index (χ1v) is 12.8. The topological polar surface area (TPSA) is 101 Å². The maximum Gasteiger partial charge on any atom is 0.416 e. The van der Waals surface area contributed by atoms with E-state index in [0.717, 1.165) is 24.5 Å². The fourth-order valence-corrected chi connectivity index (χ4v) is 6.39. The molecule has 1 aliphatic rings. The predicted molar refractivity (Wildman–Crippen MR) is 109 cm³/mol. The molecule has 0 spiro atoms. The molecule has 2 atom stereocenters. The van der Waals surface area contributed by atoms with Crippen LogP contribution in [0, 0.1) is 11.3 Å². The Bertz CT molecular complexity index is 1300. The van der Waals surface area contributed by atoms with Crippen molar-refractivity contribution < 1.29 is 34.7 Å². The van der Waals surface area contributed by atoms with E-state index in [1.54, 1.807) is 6.07 Å². The van der Waals surface area contributed by atoms with Gasteiger partial charge in [0.15, 0.2) is 19.7 Å². The lowest BCUT2D eigenvalue weighted by Gasteiger charge is -2.38. The Morgan fingerprint density at radius 1 is 1.12 bits per heavy atom. The van der Waals surface area contributed by atoms with Gasteiger partial charge in [-0.3, -0.25) is 0 Å². The van der Waals surface area contributed by atoms with Gasteiger partial charge >= 0.3 is 6.18 Å². The second kappa shape index (κ2) is 8.17. The number of benzene rings is 2. The molecule has 0 aromatic heterocycles. The number of alkyl halides is 3. The number of hydrogen-bond acceptors (Lipinski definition) is 6. The van der Waals surface area contributed by atoms with E-state index >= 15 is 0 Å². The third kappa shape index (κ3) is 4.53. The SMILES string of the molecule is CC1(S(=O)(=O)c2cccc(C(F)(F)F)c2)CCOC(c2ccc(C#N)c(S(C)(=O)=O)c2)C1. The smallest absolute Gasteiger partial charge is 0.373 e. The molecule has 0 saturated carbocycles. The van der Waals surface area contributed by atoms with E-state index in [-0.39, 0.29) is 29.9 Å². The maximum absolute atomic E-state index is 13.3. The Hall–Kier alpha value is -2.42. The lowest BCUT2D eigenvalue weighted by Crippen LogP contribution is -2.42. The number of rotatable bonds is 4. The van der Waals surface area contributed by atoms with Gasteiger partial charge in [-0.25, -0.2) is 16.8 Å². The summed E-state index contributed by atoms with van der Waals surface area (Å²) in [5.41, 5.74) is -0.739. The standard InChI is InChI=1S/C21H20F3NO5S2/c1-20(32(28,29)17-5-3-4-16(11-17)21(22,23)24)8-9-30-18(12-20)14-6-7-15(13-25)19(10-14)31(2,26)27/h3-7,10-11,18H,8-9,12H2,1-2H3. The van der Waals surface area contributed by atoms with Crippen molar-refractivity contribution >= 4 is 19.7 Å². The highest BCUT2D eigenvalue weighted by Gasteiger charge is 2.45. The summed E-state index contributed by atoms with van der Waals surface area (Å²) in [6.07, 6.45) is -4.59. The summed E-state index contributed by atoms with van der Waals surface area (Å²) in [5, 5.41) is 9.17. The van der Waals surface area contributed by atoms with Crippen LogP contribution in [0.4, 0.5) is 13.2 Å². The minimum Gasteiger partial charge on any atom is -0.373 e. The van der Waals surface area contributed by atoms with Crippen LogP contribution in [0.3, 0.4) is 0 Å². The van der Waals surface area contributed by atoms with Crippen molar-refractivity contribution in [2.24, 2.45) is 0 Å². The van der Waals surface area contributed by atoms with Crippen molar-refractivity contribution in [1.82, 2.24) is 0 Å². The van der Waals surface area contributed by atoms with Crippen molar-refractivity contribution in [1.29, 1.82) is 5.26 Å². The van der Waals surface area contributed by atoms with Gasteiger partial charge in [-0.1, -0.05) is 12.1 Å². The molecule has 2 unspecified atom stereocenters. The van der Waals surface area contributed by atoms with E-state index in [1.165, 1.54) is 25.1 Å². The third-order valence-corrected chi connectivity index (χ3v) is 9.26. The summed E-state index contributed by atoms with van der Waals surface area (Å²) in [6.45, 7) is 1.45. The van der Waals surface area contributed by atoms with Crippen LogP contribution in [0.2, 0.25) is 0 Å². The van der Waals surface area contributed by atoms with Gasteiger partial charge in [-0.2, -0.15) is 18.4 Å². The Labute approximate surface area is 184 Å². The van der Waals surface area contributed by atoms with E-state index in [0.29, 0.717) is 11.6 Å². The molecule has 6 nitrogen and oxygen atoms in total. The first-order valence-electron chi connectivity index (χ1n) is 9.47. The number of ether oxygens (including phenoxy) is 1. The van der Waals surface area contributed by atoms with Gasteiger partial charge in [0.2, 0.25) is 0 Å². The van der Waals surface area contributed by atoms with Crippen molar-refractivity contribution in [3.8, 4) is 6.07 Å². The second-order valence-corrected chi connectivity index (χ2v) is 12.4. The monoisotopic (exact) mass is 487 g/mol. The lowest BCUT2D eigenvalue weighted by molar-refractivity contribution is -0.137. The fraction of sp³-hybridized carbons (Fsp3) is 0.381. The zero-order chi connectivity index (χ0) is 23.9. The molecule has 32 heavy (non-hydrogen) atoms. The molecule has 0 bridgehead atoms. The molecule has 0 radical (unpaired) electrons. The maximum atomic E-state index is 13.3. The number of nitrogens with zero attached hydrogens (tertiary/aromatic N) is 1. The Morgan fingerprint density at radius 3 is 2.41 bits per heavy atom. The molecule has 1 aliphatic heterocycles. The summed E-state index contributed by atoms with van der Waals surface area (Å²) in [5.74, 6) is 0. The van der Waals surface area contributed by atoms with E-state index in [4.69, 9.17) is 4.74 Å². The van der Waals surface area contributed by atoms with Crippen molar-refractivity contribution in [3.63, 3.8) is 0 Å². The highest BCUT2D eigenvalue weighted by molar-refractivity contribution is 7.92. The highest BCUT2D eigenvalue weighted by Crippen LogP contribution is 2.43. The van der Waals surface area contributed by atoms with Crippen LogP contribution in [0.5, 0.6) is 0 Å². The van der Waals surface area contributed by atoms with Crippen LogP contribution in [-0.4, -0.2) is 34.4 Å². The molecule has 0 N–H and O–H groups in total. The zero-order valence-electron chi connectivity index (χ0n) is 17.2. The Balaban J connectivity index is 2.00. The molecule has 3 rings (SSSR count). The summed E-state index contributed by atoms with van der Waals surface area (Å²) in [4.78, 5) is -0.638. The molecule has 11 heteroatoms. The molecule has 1 saturated heterocycles. The minimum atomic E-state index is -4.69. The molecule has 2 aromatic rings. The van der Waals surface area contributed by atoms with Gasteiger partial charge < -0.3 is 4.74 Å². The summed E-state index contributed by atoms with van der Waals surface area (Å²) in [6, 6.07) is 9.49. The van der Waals surface area contributed by atoms with Gasteiger partial charge in [0.05, 0.1) is 31.8 Å². The average molecular weight is 488 g/mol. The largest absolute Gasteiger partial charge is 0.416 e. The van der Waals surface area contributed by atoms with Crippen LogP contribution >= 0.6 is 0 Å². The van der Waals surface area contributed by atoms with Gasteiger partial charge in [-0.15, -0.1) is 0 Å². The third-order valence-electron chi connectivity index (χ3n) is 5.58. The summed E-state index contributed by atoms with van der Waals surface area (Å²) >= 11 is 0. The molecule has 172 valence electrons. The molecule has 1 fully saturated rings. The normalized spacial score (nSPS) is 22.3. The Morgan fingerprint density at radius 2 is 1.81 bits per heavy atom. The fourth-order valence-electron chi connectivity index (χ4n) is 3.69. The van der Waals surface area contributed by atoms with Crippen LogP contribution in [-0.2, 0) is 30.6 Å². The molecule has 0 amide bonds. The van der Waals surface area contributed by atoms with Gasteiger partial charge in [-0.05, 0) is 55.7 Å².